The number of aryl methyl sites for hydroxylation is 1. The lowest BCUT2D eigenvalue weighted by Crippen LogP contribution is -2.38. The minimum absolute atomic E-state index is 0.197. The molecule has 0 saturated carbocycles. The monoisotopic (exact) mass is 213 g/mol. The molecule has 1 heterocycles. The highest BCUT2D eigenvalue weighted by atomic mass is 16.5. The Labute approximate surface area is 85.4 Å². The maximum atomic E-state index is 11.0. The molecule has 0 aliphatic carbocycles. The summed E-state index contributed by atoms with van der Waals surface area (Å²) in [4.78, 5) is 21.1. The SMILES string of the molecule is Cc1cc(CNC(=O)NCC(=O)O)no1. The van der Waals surface area contributed by atoms with E-state index in [1.165, 1.54) is 0 Å². The third-order valence-electron chi connectivity index (χ3n) is 1.51. The number of hydrogen-bond donors (Lipinski definition) is 3. The first-order valence-corrected chi connectivity index (χ1v) is 4.23. The van der Waals surface area contributed by atoms with Crippen LogP contribution in [0.15, 0.2) is 10.6 Å². The number of amides is 2. The molecule has 0 fully saturated rings. The van der Waals surface area contributed by atoms with E-state index in [0.29, 0.717) is 11.5 Å². The number of hydrogen-bond acceptors (Lipinski definition) is 4. The largest absolute Gasteiger partial charge is 0.480 e. The van der Waals surface area contributed by atoms with E-state index in [9.17, 15) is 9.59 Å². The predicted molar refractivity (Wildman–Crippen MR) is 49.1 cm³/mol. The molecule has 7 nitrogen and oxygen atoms in total. The van der Waals surface area contributed by atoms with Crippen molar-refractivity contribution in [2.24, 2.45) is 0 Å². The molecule has 0 atom stereocenters. The van der Waals surface area contributed by atoms with Gasteiger partial charge in [-0.05, 0) is 6.92 Å². The zero-order valence-corrected chi connectivity index (χ0v) is 8.11. The fourth-order valence-electron chi connectivity index (χ4n) is 0.890. The van der Waals surface area contributed by atoms with Gasteiger partial charge in [-0.1, -0.05) is 5.16 Å². The van der Waals surface area contributed by atoms with Crippen LogP contribution in [0, 0.1) is 6.92 Å². The van der Waals surface area contributed by atoms with E-state index >= 15 is 0 Å². The Bertz CT molecular complexity index is 361. The Hall–Kier alpha value is -2.05. The Morgan fingerprint density at radius 2 is 2.27 bits per heavy atom. The number of urea groups is 1. The maximum Gasteiger partial charge on any atom is 0.323 e. The van der Waals surface area contributed by atoms with E-state index in [0.717, 1.165) is 0 Å². The second-order valence-electron chi connectivity index (χ2n) is 2.86. The van der Waals surface area contributed by atoms with Crippen molar-refractivity contribution in [2.75, 3.05) is 6.54 Å². The van der Waals surface area contributed by atoms with Gasteiger partial charge in [0.05, 0.1) is 6.54 Å². The van der Waals surface area contributed by atoms with Crippen molar-refractivity contribution in [3.05, 3.63) is 17.5 Å². The van der Waals surface area contributed by atoms with Crippen LogP contribution in [0.3, 0.4) is 0 Å². The van der Waals surface area contributed by atoms with Gasteiger partial charge in [-0.15, -0.1) is 0 Å². The van der Waals surface area contributed by atoms with Crippen molar-refractivity contribution in [1.82, 2.24) is 15.8 Å². The fraction of sp³-hybridized carbons (Fsp3) is 0.375. The number of aromatic nitrogens is 1. The minimum atomic E-state index is -1.09. The highest BCUT2D eigenvalue weighted by Gasteiger charge is 2.04. The van der Waals surface area contributed by atoms with Gasteiger partial charge in [-0.3, -0.25) is 4.79 Å². The molecule has 3 N–H and O–H groups in total. The first-order chi connectivity index (χ1) is 7.08. The molecule has 0 aromatic carbocycles. The molecule has 1 aromatic rings. The molecule has 0 unspecified atom stereocenters. The average Bonchev–Trinajstić information content (AvgIpc) is 2.58. The van der Waals surface area contributed by atoms with Gasteiger partial charge in [0, 0.05) is 6.07 Å². The number of nitrogens with one attached hydrogen (secondary N) is 2. The fourth-order valence-corrected chi connectivity index (χ4v) is 0.890. The van der Waals surface area contributed by atoms with Crippen LogP contribution in [0.5, 0.6) is 0 Å². The Kier molecular flexibility index (Phi) is 3.67. The maximum absolute atomic E-state index is 11.0. The number of aliphatic carboxylic acids is 1. The zero-order valence-electron chi connectivity index (χ0n) is 8.11. The van der Waals surface area contributed by atoms with E-state index in [2.05, 4.69) is 15.8 Å². The van der Waals surface area contributed by atoms with Gasteiger partial charge in [0.15, 0.2) is 0 Å². The van der Waals surface area contributed by atoms with E-state index in [-0.39, 0.29) is 6.54 Å². The highest BCUT2D eigenvalue weighted by Crippen LogP contribution is 2.00. The molecule has 82 valence electrons. The molecule has 1 rings (SSSR count). The van der Waals surface area contributed by atoms with Crippen LogP contribution >= 0.6 is 0 Å². The predicted octanol–water partition coefficient (Wildman–Crippen LogP) is -0.133. The van der Waals surface area contributed by atoms with Crippen LogP contribution < -0.4 is 10.6 Å². The third-order valence-corrected chi connectivity index (χ3v) is 1.51. The van der Waals surface area contributed by atoms with E-state index in [1.807, 2.05) is 0 Å². The summed E-state index contributed by atoms with van der Waals surface area (Å²) in [6.45, 7) is 1.52. The number of carboxylic acids is 1. The average molecular weight is 213 g/mol. The van der Waals surface area contributed by atoms with Crippen molar-refractivity contribution in [3.63, 3.8) is 0 Å². The molecule has 1 aromatic heterocycles. The summed E-state index contributed by atoms with van der Waals surface area (Å²) in [5.74, 6) is -0.444. The van der Waals surface area contributed by atoms with Crippen LogP contribution in [0.25, 0.3) is 0 Å². The van der Waals surface area contributed by atoms with Crippen LogP contribution in [-0.2, 0) is 11.3 Å². The second-order valence-corrected chi connectivity index (χ2v) is 2.86. The topological polar surface area (TPSA) is 104 Å². The Balaban J connectivity index is 2.25. The summed E-state index contributed by atoms with van der Waals surface area (Å²) in [6, 6.07) is 1.12. The number of nitrogens with zero attached hydrogens (tertiary/aromatic N) is 1. The minimum Gasteiger partial charge on any atom is -0.480 e. The summed E-state index contributed by atoms with van der Waals surface area (Å²) in [6.07, 6.45) is 0. The molecule has 2 amide bonds. The number of carbonyl (C=O) groups is 2. The summed E-state index contributed by atoms with van der Waals surface area (Å²) < 4.78 is 4.78. The quantitative estimate of drug-likeness (QED) is 0.646. The summed E-state index contributed by atoms with van der Waals surface area (Å²) in [7, 11) is 0. The highest BCUT2D eigenvalue weighted by molar-refractivity contribution is 5.79. The molecular formula is C8H11N3O4. The lowest BCUT2D eigenvalue weighted by molar-refractivity contribution is -0.135. The molecule has 15 heavy (non-hydrogen) atoms. The van der Waals surface area contributed by atoms with Gasteiger partial charge < -0.3 is 20.3 Å². The molecular weight excluding hydrogens is 202 g/mol. The summed E-state index contributed by atoms with van der Waals surface area (Å²) >= 11 is 0. The number of carboxylic acid groups (broad SMARTS) is 1. The molecule has 0 aliphatic heterocycles. The lowest BCUT2D eigenvalue weighted by atomic mass is 10.4. The van der Waals surface area contributed by atoms with Gasteiger partial charge in [-0.2, -0.15) is 0 Å². The van der Waals surface area contributed by atoms with Gasteiger partial charge in [0.1, 0.15) is 18.0 Å². The molecule has 0 radical (unpaired) electrons. The van der Waals surface area contributed by atoms with Crippen molar-refractivity contribution in [3.8, 4) is 0 Å². The van der Waals surface area contributed by atoms with Crippen molar-refractivity contribution in [2.45, 2.75) is 13.5 Å². The smallest absolute Gasteiger partial charge is 0.323 e. The molecule has 0 bridgehead atoms. The Morgan fingerprint density at radius 3 is 2.80 bits per heavy atom. The molecule has 0 saturated heterocycles. The first kappa shape index (κ1) is 11.0. The summed E-state index contributed by atoms with van der Waals surface area (Å²) in [5, 5.41) is 16.5. The number of carbonyl (C=O) groups excluding carboxylic acids is 1. The van der Waals surface area contributed by atoms with E-state index < -0.39 is 18.5 Å². The van der Waals surface area contributed by atoms with Gasteiger partial charge >= 0.3 is 12.0 Å². The van der Waals surface area contributed by atoms with Gasteiger partial charge in [0.25, 0.3) is 0 Å². The second kappa shape index (κ2) is 4.99. The van der Waals surface area contributed by atoms with E-state index in [4.69, 9.17) is 9.63 Å². The normalized spacial score (nSPS) is 9.67. The van der Waals surface area contributed by atoms with Crippen LogP contribution in [0.4, 0.5) is 4.79 Å². The molecule has 7 heteroatoms. The lowest BCUT2D eigenvalue weighted by Gasteiger charge is -2.02. The van der Waals surface area contributed by atoms with Gasteiger partial charge in [-0.25, -0.2) is 4.79 Å². The Morgan fingerprint density at radius 1 is 1.53 bits per heavy atom. The van der Waals surface area contributed by atoms with Crippen LogP contribution in [0.2, 0.25) is 0 Å². The molecule has 0 aliphatic rings. The third kappa shape index (κ3) is 4.12. The van der Waals surface area contributed by atoms with Crippen LogP contribution in [-0.4, -0.2) is 28.8 Å². The van der Waals surface area contributed by atoms with Crippen molar-refractivity contribution < 1.29 is 19.2 Å². The van der Waals surface area contributed by atoms with E-state index in [1.54, 1.807) is 13.0 Å². The van der Waals surface area contributed by atoms with Crippen molar-refractivity contribution in [1.29, 1.82) is 0 Å². The number of rotatable bonds is 4. The molecule has 0 spiro atoms. The van der Waals surface area contributed by atoms with Crippen molar-refractivity contribution >= 4 is 12.0 Å². The first-order valence-electron chi connectivity index (χ1n) is 4.23. The zero-order chi connectivity index (χ0) is 11.3. The van der Waals surface area contributed by atoms with Gasteiger partial charge in [0.2, 0.25) is 0 Å². The summed E-state index contributed by atoms with van der Waals surface area (Å²) in [5.41, 5.74) is 0.581. The van der Waals surface area contributed by atoms with Crippen LogP contribution in [0.1, 0.15) is 11.5 Å². The standard InChI is InChI=1S/C8H11N3O4/c1-5-2-6(11-15-5)3-9-8(14)10-4-7(12)13/h2H,3-4H2,1H3,(H,12,13)(H2,9,10,14).